The van der Waals surface area contributed by atoms with E-state index < -0.39 is 0 Å². The Kier molecular flexibility index (Phi) is 8.01. The number of methoxy groups -OCH3 is 1. The van der Waals surface area contributed by atoms with E-state index >= 15 is 0 Å². The Morgan fingerprint density at radius 3 is 2.72 bits per heavy atom. The number of nitrogens with one attached hydrogen (secondary N) is 1. The van der Waals surface area contributed by atoms with E-state index in [9.17, 15) is 0 Å². The third-order valence-corrected chi connectivity index (χ3v) is 4.17. The van der Waals surface area contributed by atoms with Crippen molar-refractivity contribution in [2.75, 3.05) is 20.3 Å². The van der Waals surface area contributed by atoms with E-state index in [1.165, 1.54) is 0 Å². The Balaban J connectivity index is 1.85. The first-order valence-electron chi connectivity index (χ1n) is 8.38. The minimum atomic E-state index is 0.0775. The summed E-state index contributed by atoms with van der Waals surface area (Å²) in [5.74, 6) is 2.18. The molecule has 0 amide bonds. The van der Waals surface area contributed by atoms with Crippen molar-refractivity contribution < 1.29 is 14.2 Å². The summed E-state index contributed by atoms with van der Waals surface area (Å²) in [5.41, 5.74) is 1.05. The third-order valence-electron chi connectivity index (χ3n) is 3.43. The van der Waals surface area contributed by atoms with E-state index in [1.54, 1.807) is 13.3 Å². The van der Waals surface area contributed by atoms with E-state index in [-0.39, 0.29) is 6.10 Å². The van der Waals surface area contributed by atoms with Crippen molar-refractivity contribution in [3.8, 4) is 17.4 Å². The molecule has 0 saturated carbocycles. The van der Waals surface area contributed by atoms with Crippen molar-refractivity contribution in [1.82, 2.24) is 10.3 Å². The van der Waals surface area contributed by atoms with Crippen molar-refractivity contribution in [2.24, 2.45) is 0 Å². The zero-order valence-electron chi connectivity index (χ0n) is 14.9. The van der Waals surface area contributed by atoms with Gasteiger partial charge in [-0.05, 0) is 45.0 Å². The van der Waals surface area contributed by atoms with Crippen molar-refractivity contribution >= 4 is 15.9 Å². The van der Waals surface area contributed by atoms with Gasteiger partial charge in [0, 0.05) is 28.8 Å². The maximum Gasteiger partial charge on any atom is 0.213 e. The molecule has 0 aliphatic carbocycles. The molecule has 0 saturated heterocycles. The lowest BCUT2D eigenvalue weighted by Gasteiger charge is -2.19. The molecule has 0 aliphatic heterocycles. The Bertz CT molecular complexity index is 651. The lowest BCUT2D eigenvalue weighted by atomic mass is 10.1. The van der Waals surface area contributed by atoms with Crippen LogP contribution < -0.4 is 19.5 Å². The van der Waals surface area contributed by atoms with Gasteiger partial charge in [-0.25, -0.2) is 4.98 Å². The average Bonchev–Trinajstić information content (AvgIpc) is 2.60. The maximum atomic E-state index is 5.96. The van der Waals surface area contributed by atoms with E-state index in [2.05, 4.69) is 26.2 Å². The molecular weight excluding hydrogens is 384 g/mol. The molecule has 2 aromatic rings. The van der Waals surface area contributed by atoms with Crippen LogP contribution in [0.25, 0.3) is 0 Å². The summed E-state index contributed by atoms with van der Waals surface area (Å²) < 4.78 is 18.0. The molecule has 0 fully saturated rings. The number of rotatable bonds is 10. The summed E-state index contributed by atoms with van der Waals surface area (Å²) in [6.07, 6.45) is 2.69. The summed E-state index contributed by atoms with van der Waals surface area (Å²) in [7, 11) is 1.66. The smallest absolute Gasteiger partial charge is 0.213 e. The summed E-state index contributed by atoms with van der Waals surface area (Å²) in [4.78, 5) is 4.13. The molecule has 1 N–H and O–H groups in total. The fourth-order valence-electron chi connectivity index (χ4n) is 2.29. The number of halogens is 1. The predicted molar refractivity (Wildman–Crippen MR) is 103 cm³/mol. The van der Waals surface area contributed by atoms with Gasteiger partial charge in [-0.2, -0.15) is 0 Å². The van der Waals surface area contributed by atoms with Crippen LogP contribution in [0.3, 0.4) is 0 Å². The highest BCUT2D eigenvalue weighted by Gasteiger charge is 2.15. The zero-order valence-corrected chi connectivity index (χ0v) is 16.5. The number of nitrogens with zero attached hydrogens (tertiary/aromatic N) is 1. The van der Waals surface area contributed by atoms with Crippen LogP contribution in [-0.2, 0) is 6.54 Å². The second kappa shape index (κ2) is 10.3. The molecule has 25 heavy (non-hydrogen) atoms. The highest BCUT2D eigenvalue weighted by atomic mass is 79.9. The molecule has 0 aliphatic rings. The van der Waals surface area contributed by atoms with Gasteiger partial charge >= 0.3 is 0 Å². The third kappa shape index (κ3) is 6.21. The van der Waals surface area contributed by atoms with Crippen LogP contribution in [0.2, 0.25) is 0 Å². The minimum Gasteiger partial charge on any atom is -0.493 e. The summed E-state index contributed by atoms with van der Waals surface area (Å²) >= 11 is 3.61. The van der Waals surface area contributed by atoms with Gasteiger partial charge < -0.3 is 19.5 Å². The molecule has 136 valence electrons. The quantitative estimate of drug-likeness (QED) is 0.597. The van der Waals surface area contributed by atoms with Gasteiger partial charge in [0.1, 0.15) is 0 Å². The van der Waals surface area contributed by atoms with E-state index in [0.717, 1.165) is 34.5 Å². The predicted octanol–water partition coefficient (Wildman–Crippen LogP) is 4.20. The Morgan fingerprint density at radius 1 is 1.20 bits per heavy atom. The first kappa shape index (κ1) is 19.5. The molecule has 2 rings (SSSR count). The largest absolute Gasteiger partial charge is 0.493 e. The molecule has 0 atom stereocenters. The highest BCUT2D eigenvalue weighted by molar-refractivity contribution is 9.10. The molecule has 1 aromatic heterocycles. The fraction of sp³-hybridized carbons (Fsp3) is 0.421. The van der Waals surface area contributed by atoms with Gasteiger partial charge in [0.05, 0.1) is 19.8 Å². The van der Waals surface area contributed by atoms with Gasteiger partial charge in [0.2, 0.25) is 5.88 Å². The summed E-state index contributed by atoms with van der Waals surface area (Å²) in [6.45, 7) is 6.15. The lowest BCUT2D eigenvalue weighted by Crippen LogP contribution is -2.19. The van der Waals surface area contributed by atoms with Crippen LogP contribution >= 0.6 is 15.9 Å². The normalized spacial score (nSPS) is 10.8. The molecule has 0 bridgehead atoms. The molecular formula is C19H25BrN2O3. The molecule has 1 aromatic carbocycles. The second-order valence-electron chi connectivity index (χ2n) is 5.77. The van der Waals surface area contributed by atoms with Crippen LogP contribution in [0.1, 0.15) is 25.8 Å². The summed E-state index contributed by atoms with van der Waals surface area (Å²) in [5, 5.41) is 3.43. The molecule has 5 nitrogen and oxygen atoms in total. The van der Waals surface area contributed by atoms with Crippen molar-refractivity contribution in [3.05, 3.63) is 46.6 Å². The standard InChI is InChI=1S/C19H25BrN2O3/c1-14(2)25-19-15(16(20)8-9-17(19)23-3)13-21-10-6-12-24-18-7-4-5-11-22-18/h4-5,7-9,11,14,21H,6,10,12-13H2,1-3H3. The topological polar surface area (TPSA) is 52.6 Å². The molecule has 1 heterocycles. The fourth-order valence-corrected chi connectivity index (χ4v) is 2.74. The molecule has 0 spiro atoms. The van der Waals surface area contributed by atoms with Gasteiger partial charge in [0.15, 0.2) is 11.5 Å². The maximum absolute atomic E-state index is 5.96. The number of pyridine rings is 1. The van der Waals surface area contributed by atoms with Crippen molar-refractivity contribution in [1.29, 1.82) is 0 Å². The monoisotopic (exact) mass is 408 g/mol. The number of benzene rings is 1. The first-order chi connectivity index (χ1) is 12.1. The number of hydrogen-bond acceptors (Lipinski definition) is 5. The van der Waals surface area contributed by atoms with E-state index in [4.69, 9.17) is 14.2 Å². The van der Waals surface area contributed by atoms with Crippen LogP contribution in [0.15, 0.2) is 41.0 Å². The van der Waals surface area contributed by atoms with Crippen LogP contribution in [0.5, 0.6) is 17.4 Å². The lowest BCUT2D eigenvalue weighted by molar-refractivity contribution is 0.227. The van der Waals surface area contributed by atoms with Gasteiger partial charge in [-0.15, -0.1) is 0 Å². The Hall–Kier alpha value is -1.79. The molecule has 0 radical (unpaired) electrons. The average molecular weight is 409 g/mol. The number of ether oxygens (including phenoxy) is 3. The minimum absolute atomic E-state index is 0.0775. The van der Waals surface area contributed by atoms with Crippen LogP contribution in [0.4, 0.5) is 0 Å². The van der Waals surface area contributed by atoms with E-state index in [1.807, 2.05) is 44.2 Å². The first-order valence-corrected chi connectivity index (χ1v) is 9.17. The Labute approximate surface area is 157 Å². The second-order valence-corrected chi connectivity index (χ2v) is 6.63. The van der Waals surface area contributed by atoms with Gasteiger partial charge in [-0.3, -0.25) is 0 Å². The molecule has 6 heteroatoms. The van der Waals surface area contributed by atoms with Crippen molar-refractivity contribution in [2.45, 2.75) is 32.9 Å². The SMILES string of the molecule is COc1ccc(Br)c(CNCCCOc2ccccn2)c1OC(C)C. The number of aromatic nitrogens is 1. The van der Waals surface area contributed by atoms with E-state index in [0.29, 0.717) is 19.0 Å². The Morgan fingerprint density at radius 2 is 2.04 bits per heavy atom. The van der Waals surface area contributed by atoms with Gasteiger partial charge in [-0.1, -0.05) is 22.0 Å². The van der Waals surface area contributed by atoms with Gasteiger partial charge in [0.25, 0.3) is 0 Å². The number of hydrogen-bond donors (Lipinski definition) is 1. The summed E-state index contributed by atoms with van der Waals surface area (Å²) in [6, 6.07) is 9.53. The highest BCUT2D eigenvalue weighted by Crippen LogP contribution is 2.36. The molecule has 0 unspecified atom stereocenters. The zero-order chi connectivity index (χ0) is 18.1. The van der Waals surface area contributed by atoms with Crippen LogP contribution in [0, 0.1) is 0 Å². The van der Waals surface area contributed by atoms with Crippen molar-refractivity contribution in [3.63, 3.8) is 0 Å². The van der Waals surface area contributed by atoms with Crippen LogP contribution in [-0.4, -0.2) is 31.3 Å².